The first-order valence-corrected chi connectivity index (χ1v) is 7.03. The highest BCUT2D eigenvalue weighted by Crippen LogP contribution is 2.33. The van der Waals surface area contributed by atoms with Gasteiger partial charge in [0.2, 0.25) is 0 Å². The summed E-state index contributed by atoms with van der Waals surface area (Å²) < 4.78 is 12.2. The van der Waals surface area contributed by atoms with Crippen molar-refractivity contribution in [1.29, 1.82) is 0 Å². The van der Waals surface area contributed by atoms with Crippen molar-refractivity contribution >= 4 is 17.0 Å². The first-order valence-electron chi connectivity index (χ1n) is 7.03. The number of carboxylic acids is 1. The number of benzene rings is 2. The van der Waals surface area contributed by atoms with Crippen molar-refractivity contribution in [3.63, 3.8) is 0 Å². The maximum atomic E-state index is 11.2. The molecule has 0 aliphatic carbocycles. The zero-order chi connectivity index (χ0) is 16.4. The molecule has 0 unspecified atom stereocenters. The van der Waals surface area contributed by atoms with E-state index >= 15 is 0 Å². The Morgan fingerprint density at radius 1 is 1.13 bits per heavy atom. The molecule has 1 heterocycles. The fraction of sp³-hybridized carbons (Fsp3) is 0.176. The Balaban J connectivity index is 2.21. The minimum absolute atomic E-state index is 0.163. The van der Waals surface area contributed by atoms with E-state index < -0.39 is 5.97 Å². The van der Waals surface area contributed by atoms with Gasteiger partial charge in [-0.05, 0) is 30.3 Å². The highest BCUT2D eigenvalue weighted by Gasteiger charge is 2.16. The van der Waals surface area contributed by atoms with Gasteiger partial charge in [-0.25, -0.2) is 4.98 Å². The number of nitrogens with zero attached hydrogens (tertiary/aromatic N) is 2. The summed E-state index contributed by atoms with van der Waals surface area (Å²) in [5, 5.41) is 9.21. The van der Waals surface area contributed by atoms with E-state index in [0.29, 0.717) is 17.3 Å². The summed E-state index contributed by atoms with van der Waals surface area (Å²) in [6, 6.07) is 12.9. The van der Waals surface area contributed by atoms with Crippen LogP contribution in [0.5, 0.6) is 11.5 Å². The second-order valence-corrected chi connectivity index (χ2v) is 4.97. The maximum absolute atomic E-state index is 11.2. The average Bonchev–Trinajstić information content (AvgIpc) is 2.92. The highest BCUT2D eigenvalue weighted by atomic mass is 16.5. The molecule has 118 valence electrons. The minimum Gasteiger partial charge on any atom is -0.493 e. The molecule has 0 aliphatic heterocycles. The molecule has 0 bridgehead atoms. The zero-order valence-corrected chi connectivity index (χ0v) is 12.8. The van der Waals surface area contributed by atoms with Gasteiger partial charge in [0.05, 0.1) is 25.3 Å². The monoisotopic (exact) mass is 312 g/mol. The minimum atomic E-state index is -0.921. The van der Waals surface area contributed by atoms with Crippen LogP contribution in [0.1, 0.15) is 0 Å². The first-order chi connectivity index (χ1) is 11.1. The Hall–Kier alpha value is -3.02. The third kappa shape index (κ3) is 2.70. The van der Waals surface area contributed by atoms with E-state index in [4.69, 9.17) is 9.47 Å². The Morgan fingerprint density at radius 3 is 2.57 bits per heavy atom. The smallest absolute Gasteiger partial charge is 0.323 e. The van der Waals surface area contributed by atoms with Gasteiger partial charge in [-0.3, -0.25) is 4.79 Å². The molecule has 1 N–H and O–H groups in total. The van der Waals surface area contributed by atoms with E-state index in [2.05, 4.69) is 4.98 Å². The van der Waals surface area contributed by atoms with Crippen LogP contribution in [0, 0.1) is 0 Å². The largest absolute Gasteiger partial charge is 0.493 e. The van der Waals surface area contributed by atoms with Gasteiger partial charge in [-0.15, -0.1) is 0 Å². The average molecular weight is 312 g/mol. The number of carboxylic acid groups (broad SMARTS) is 1. The van der Waals surface area contributed by atoms with E-state index in [1.165, 1.54) is 0 Å². The van der Waals surface area contributed by atoms with Crippen LogP contribution in [0.2, 0.25) is 0 Å². The molecule has 0 fully saturated rings. The van der Waals surface area contributed by atoms with Crippen molar-refractivity contribution in [1.82, 2.24) is 9.55 Å². The SMILES string of the molecule is COc1ccc(-c2nc3ccccc3n2CC(=O)O)cc1OC. The third-order valence-electron chi connectivity index (χ3n) is 3.59. The number of aliphatic carboxylic acids is 1. The molecule has 23 heavy (non-hydrogen) atoms. The van der Waals surface area contributed by atoms with E-state index in [1.807, 2.05) is 30.3 Å². The van der Waals surface area contributed by atoms with Crippen LogP contribution in [0.3, 0.4) is 0 Å². The number of methoxy groups -OCH3 is 2. The lowest BCUT2D eigenvalue weighted by Crippen LogP contribution is -2.10. The van der Waals surface area contributed by atoms with E-state index in [-0.39, 0.29) is 6.54 Å². The molecule has 1 aromatic heterocycles. The molecule has 3 aromatic rings. The topological polar surface area (TPSA) is 73.6 Å². The summed E-state index contributed by atoms with van der Waals surface area (Å²) in [6.07, 6.45) is 0. The number of imidazole rings is 1. The molecule has 6 nitrogen and oxygen atoms in total. The highest BCUT2D eigenvalue weighted by molar-refractivity contribution is 5.83. The van der Waals surface area contributed by atoms with Gasteiger partial charge in [0.25, 0.3) is 0 Å². The Morgan fingerprint density at radius 2 is 1.87 bits per heavy atom. The second-order valence-electron chi connectivity index (χ2n) is 4.97. The van der Waals surface area contributed by atoms with Crippen LogP contribution >= 0.6 is 0 Å². The Kier molecular flexibility index (Phi) is 3.89. The van der Waals surface area contributed by atoms with Gasteiger partial charge < -0.3 is 19.1 Å². The standard InChI is InChI=1S/C17H16N2O4/c1-22-14-8-7-11(9-15(14)23-2)17-18-12-5-3-4-6-13(12)19(17)10-16(20)21/h3-9H,10H2,1-2H3,(H,20,21). The molecule has 0 spiro atoms. The van der Waals surface area contributed by atoms with Crippen LogP contribution in [-0.4, -0.2) is 34.8 Å². The number of carbonyl (C=O) groups is 1. The van der Waals surface area contributed by atoms with Crippen molar-refractivity contribution in [2.24, 2.45) is 0 Å². The van der Waals surface area contributed by atoms with Gasteiger partial charge in [-0.2, -0.15) is 0 Å². The summed E-state index contributed by atoms with van der Waals surface area (Å²) >= 11 is 0. The summed E-state index contributed by atoms with van der Waals surface area (Å²) in [5.41, 5.74) is 2.29. The number of fused-ring (bicyclic) bond motifs is 1. The van der Waals surface area contributed by atoms with Crippen molar-refractivity contribution in [3.8, 4) is 22.9 Å². The number of ether oxygens (including phenoxy) is 2. The lowest BCUT2D eigenvalue weighted by atomic mass is 10.2. The fourth-order valence-corrected chi connectivity index (χ4v) is 2.57. The summed E-state index contributed by atoms with van der Waals surface area (Å²) in [4.78, 5) is 15.8. The van der Waals surface area contributed by atoms with Gasteiger partial charge in [-0.1, -0.05) is 12.1 Å². The quantitative estimate of drug-likeness (QED) is 0.784. The van der Waals surface area contributed by atoms with Gasteiger partial charge >= 0.3 is 5.97 Å². The molecule has 2 aromatic carbocycles. The zero-order valence-electron chi connectivity index (χ0n) is 12.8. The molecule has 0 amide bonds. The van der Waals surface area contributed by atoms with E-state index in [1.54, 1.807) is 30.9 Å². The summed E-state index contributed by atoms with van der Waals surface area (Å²) in [7, 11) is 3.12. The molecule has 6 heteroatoms. The van der Waals surface area contributed by atoms with E-state index in [0.717, 1.165) is 16.6 Å². The van der Waals surface area contributed by atoms with Crippen LogP contribution in [0.25, 0.3) is 22.4 Å². The number of aromatic nitrogens is 2. The lowest BCUT2D eigenvalue weighted by molar-refractivity contribution is -0.137. The van der Waals surface area contributed by atoms with Crippen LogP contribution in [-0.2, 0) is 11.3 Å². The van der Waals surface area contributed by atoms with Crippen molar-refractivity contribution < 1.29 is 19.4 Å². The van der Waals surface area contributed by atoms with Crippen molar-refractivity contribution in [3.05, 3.63) is 42.5 Å². The molecule has 0 saturated carbocycles. The maximum Gasteiger partial charge on any atom is 0.323 e. The Labute approximate surface area is 132 Å². The molecular formula is C17H16N2O4. The summed E-state index contributed by atoms with van der Waals surface area (Å²) in [5.74, 6) is 0.834. The molecule has 0 saturated heterocycles. The first kappa shape index (κ1) is 14.9. The van der Waals surface area contributed by atoms with Crippen LogP contribution in [0.4, 0.5) is 0 Å². The lowest BCUT2D eigenvalue weighted by Gasteiger charge is -2.10. The predicted molar refractivity (Wildman–Crippen MR) is 85.9 cm³/mol. The number of rotatable bonds is 5. The molecule has 0 radical (unpaired) electrons. The van der Waals surface area contributed by atoms with Crippen LogP contribution in [0.15, 0.2) is 42.5 Å². The Bertz CT molecular complexity index is 870. The number of para-hydroxylation sites is 2. The fourth-order valence-electron chi connectivity index (χ4n) is 2.57. The molecule has 0 aliphatic rings. The van der Waals surface area contributed by atoms with Crippen molar-refractivity contribution in [2.45, 2.75) is 6.54 Å². The second kappa shape index (κ2) is 6.00. The normalized spacial score (nSPS) is 10.7. The molecule has 3 rings (SSSR count). The summed E-state index contributed by atoms with van der Waals surface area (Å²) in [6.45, 7) is -0.163. The van der Waals surface area contributed by atoms with Crippen molar-refractivity contribution in [2.75, 3.05) is 14.2 Å². The third-order valence-corrected chi connectivity index (χ3v) is 3.59. The van der Waals surface area contributed by atoms with Crippen LogP contribution < -0.4 is 9.47 Å². The van der Waals surface area contributed by atoms with Gasteiger partial charge in [0, 0.05) is 5.56 Å². The number of hydrogen-bond acceptors (Lipinski definition) is 4. The molecule has 0 atom stereocenters. The molecular weight excluding hydrogens is 296 g/mol. The van der Waals surface area contributed by atoms with Gasteiger partial charge in [0.15, 0.2) is 11.5 Å². The van der Waals surface area contributed by atoms with Gasteiger partial charge in [0.1, 0.15) is 12.4 Å². The number of hydrogen-bond donors (Lipinski definition) is 1. The van der Waals surface area contributed by atoms with E-state index in [9.17, 15) is 9.90 Å². The predicted octanol–water partition coefficient (Wildman–Crippen LogP) is 2.81.